The monoisotopic (exact) mass is 310 g/mol. The number of rotatable bonds is 2. The molecule has 0 aromatic heterocycles. The van der Waals surface area contributed by atoms with Gasteiger partial charge in [-0.25, -0.2) is 0 Å². The first-order valence-electron chi connectivity index (χ1n) is 3.20. The Hall–Kier alpha value is 0.140. The van der Waals surface area contributed by atoms with Crippen LogP contribution in [0, 0.1) is 0 Å². The fourth-order valence-electron chi connectivity index (χ4n) is 0.791. The van der Waals surface area contributed by atoms with Crippen LogP contribution in [0.25, 0.3) is 0 Å². The molecule has 0 saturated heterocycles. The van der Waals surface area contributed by atoms with Crippen LogP contribution < -0.4 is 0 Å². The Kier molecular flexibility index (Phi) is 3.75. The van der Waals surface area contributed by atoms with Crippen molar-refractivity contribution in [3.8, 4) is 0 Å². The van der Waals surface area contributed by atoms with Crippen LogP contribution in [-0.2, 0) is 0 Å². The van der Waals surface area contributed by atoms with E-state index in [0.717, 1.165) is 8.95 Å². The first-order chi connectivity index (χ1) is 5.66. The first-order valence-corrected chi connectivity index (χ1v) is 5.32. The predicted molar refractivity (Wildman–Crippen MR) is 56.9 cm³/mol. The van der Waals surface area contributed by atoms with Gasteiger partial charge in [0.15, 0.2) is 5.78 Å². The molecule has 12 heavy (non-hydrogen) atoms. The third-order valence-electron chi connectivity index (χ3n) is 1.37. The maximum atomic E-state index is 11.2. The van der Waals surface area contributed by atoms with Crippen LogP contribution >= 0.6 is 43.5 Å². The van der Waals surface area contributed by atoms with E-state index in [1.807, 2.05) is 6.07 Å². The quantitative estimate of drug-likeness (QED) is 0.602. The van der Waals surface area contributed by atoms with Crippen molar-refractivity contribution in [1.82, 2.24) is 0 Å². The minimum Gasteiger partial charge on any atom is -0.293 e. The second-order valence-electron chi connectivity index (χ2n) is 2.16. The van der Waals surface area contributed by atoms with E-state index < -0.39 is 0 Å². The zero-order valence-corrected chi connectivity index (χ0v) is 9.91. The van der Waals surface area contributed by atoms with Crippen LogP contribution in [0.1, 0.15) is 10.4 Å². The maximum Gasteiger partial charge on any atom is 0.178 e. The van der Waals surface area contributed by atoms with E-state index in [2.05, 4.69) is 31.9 Å². The molecule has 0 bridgehead atoms. The topological polar surface area (TPSA) is 17.1 Å². The van der Waals surface area contributed by atoms with Crippen molar-refractivity contribution in [3.63, 3.8) is 0 Å². The van der Waals surface area contributed by atoms with Gasteiger partial charge in [-0.1, -0.05) is 12.1 Å². The van der Waals surface area contributed by atoms with E-state index in [9.17, 15) is 4.79 Å². The number of alkyl halides is 1. The lowest BCUT2D eigenvalue weighted by atomic mass is 10.1. The normalized spacial score (nSPS) is 9.92. The van der Waals surface area contributed by atoms with Gasteiger partial charge >= 0.3 is 0 Å². The van der Waals surface area contributed by atoms with E-state index in [-0.39, 0.29) is 11.7 Å². The number of Topliss-reactive ketones (excluding diaryl/α,β-unsaturated/α-hetero) is 1. The van der Waals surface area contributed by atoms with E-state index in [1.54, 1.807) is 12.1 Å². The Labute approximate surface area is 92.4 Å². The van der Waals surface area contributed by atoms with Gasteiger partial charge in [-0.15, -0.1) is 11.6 Å². The summed E-state index contributed by atoms with van der Waals surface area (Å²) in [5.41, 5.74) is 0.611. The molecule has 4 heteroatoms. The van der Waals surface area contributed by atoms with Gasteiger partial charge in [0, 0.05) is 14.5 Å². The van der Waals surface area contributed by atoms with Crippen LogP contribution in [0.3, 0.4) is 0 Å². The number of carbonyl (C=O) groups excluding carboxylic acids is 1. The molecular weight excluding hydrogens is 307 g/mol. The summed E-state index contributed by atoms with van der Waals surface area (Å²) in [5, 5.41) is 0. The second-order valence-corrected chi connectivity index (χ2v) is 4.07. The standard InChI is InChI=1S/C8H5Br2ClO/c9-6-3-1-2-5(8(6)10)7(12)4-11/h1-3H,4H2. The molecule has 1 rings (SSSR count). The highest BCUT2D eigenvalue weighted by Crippen LogP contribution is 2.26. The van der Waals surface area contributed by atoms with Gasteiger partial charge in [0.1, 0.15) is 0 Å². The SMILES string of the molecule is O=C(CCl)c1cccc(Br)c1Br. The van der Waals surface area contributed by atoms with Gasteiger partial charge in [0.05, 0.1) is 5.88 Å². The summed E-state index contributed by atoms with van der Waals surface area (Å²) in [5.74, 6) is -0.0699. The van der Waals surface area contributed by atoms with Crippen LogP contribution in [0.2, 0.25) is 0 Å². The number of hydrogen-bond acceptors (Lipinski definition) is 1. The molecule has 0 heterocycles. The molecule has 0 saturated carbocycles. The molecule has 0 atom stereocenters. The summed E-state index contributed by atoms with van der Waals surface area (Å²) in [4.78, 5) is 11.2. The van der Waals surface area contributed by atoms with E-state index in [0.29, 0.717) is 5.56 Å². The molecule has 0 aliphatic rings. The van der Waals surface area contributed by atoms with Crippen molar-refractivity contribution in [2.75, 3.05) is 5.88 Å². The number of carbonyl (C=O) groups is 1. The highest BCUT2D eigenvalue weighted by atomic mass is 79.9. The van der Waals surface area contributed by atoms with E-state index in [4.69, 9.17) is 11.6 Å². The lowest BCUT2D eigenvalue weighted by molar-refractivity contribution is 0.102. The number of hydrogen-bond donors (Lipinski definition) is 0. The highest BCUT2D eigenvalue weighted by Gasteiger charge is 2.09. The lowest BCUT2D eigenvalue weighted by Gasteiger charge is -2.01. The van der Waals surface area contributed by atoms with Gasteiger partial charge in [0.2, 0.25) is 0 Å². The van der Waals surface area contributed by atoms with Crippen LogP contribution in [0.4, 0.5) is 0 Å². The van der Waals surface area contributed by atoms with Crippen molar-refractivity contribution >= 4 is 49.2 Å². The molecule has 1 aromatic carbocycles. The average molecular weight is 312 g/mol. The predicted octanol–water partition coefficient (Wildman–Crippen LogP) is 3.63. The molecule has 1 nitrogen and oxygen atoms in total. The van der Waals surface area contributed by atoms with Crippen LogP contribution in [-0.4, -0.2) is 11.7 Å². The fraction of sp³-hybridized carbons (Fsp3) is 0.125. The highest BCUT2D eigenvalue weighted by molar-refractivity contribution is 9.13. The molecule has 0 amide bonds. The Morgan fingerprint density at radius 3 is 2.67 bits per heavy atom. The average Bonchev–Trinajstić information content (AvgIpc) is 2.08. The van der Waals surface area contributed by atoms with E-state index in [1.165, 1.54) is 0 Å². The molecule has 0 aliphatic heterocycles. The third-order valence-corrected chi connectivity index (χ3v) is 3.66. The first kappa shape index (κ1) is 10.2. The Balaban J connectivity index is 3.16. The van der Waals surface area contributed by atoms with Gasteiger partial charge in [-0.2, -0.15) is 0 Å². The lowest BCUT2D eigenvalue weighted by Crippen LogP contribution is -2.01. The molecule has 0 radical (unpaired) electrons. The van der Waals surface area contributed by atoms with Gasteiger partial charge in [0.25, 0.3) is 0 Å². The number of benzene rings is 1. The summed E-state index contributed by atoms with van der Waals surface area (Å²) < 4.78 is 1.62. The smallest absolute Gasteiger partial charge is 0.178 e. The van der Waals surface area contributed by atoms with Crippen molar-refractivity contribution in [2.45, 2.75) is 0 Å². The molecule has 0 spiro atoms. The maximum absolute atomic E-state index is 11.2. The summed E-state index contributed by atoms with van der Waals surface area (Å²) in [6.07, 6.45) is 0. The van der Waals surface area contributed by atoms with Crippen LogP contribution in [0.5, 0.6) is 0 Å². The zero-order chi connectivity index (χ0) is 9.14. The van der Waals surface area contributed by atoms with Crippen molar-refractivity contribution in [3.05, 3.63) is 32.7 Å². The Bertz CT molecular complexity index is 312. The molecule has 0 unspecified atom stereocenters. The fourth-order valence-corrected chi connectivity index (χ4v) is 1.79. The van der Waals surface area contributed by atoms with Crippen molar-refractivity contribution in [1.29, 1.82) is 0 Å². The minimum absolute atomic E-state index is 0.00898. The summed E-state index contributed by atoms with van der Waals surface area (Å²) in [6, 6.07) is 5.39. The largest absolute Gasteiger partial charge is 0.293 e. The van der Waals surface area contributed by atoms with Crippen molar-refractivity contribution in [2.24, 2.45) is 0 Å². The molecule has 64 valence electrons. The Morgan fingerprint density at radius 2 is 2.08 bits per heavy atom. The summed E-state index contributed by atoms with van der Waals surface area (Å²) >= 11 is 12.0. The summed E-state index contributed by atoms with van der Waals surface area (Å²) in [7, 11) is 0. The molecule has 0 N–H and O–H groups in total. The minimum atomic E-state index is -0.0789. The van der Waals surface area contributed by atoms with Crippen LogP contribution in [0.15, 0.2) is 27.1 Å². The number of halogens is 3. The third kappa shape index (κ3) is 2.09. The van der Waals surface area contributed by atoms with Gasteiger partial charge in [-0.05, 0) is 37.9 Å². The molecule has 0 aliphatic carbocycles. The number of ketones is 1. The van der Waals surface area contributed by atoms with Crippen molar-refractivity contribution < 1.29 is 4.79 Å². The van der Waals surface area contributed by atoms with Gasteiger partial charge in [-0.3, -0.25) is 4.79 Å². The summed E-state index contributed by atoms with van der Waals surface area (Å²) in [6.45, 7) is 0. The Morgan fingerprint density at radius 1 is 1.42 bits per heavy atom. The molecular formula is C8H5Br2ClO. The van der Waals surface area contributed by atoms with E-state index >= 15 is 0 Å². The molecule has 0 fully saturated rings. The second kappa shape index (κ2) is 4.40. The molecule has 1 aromatic rings. The zero-order valence-electron chi connectivity index (χ0n) is 5.98. The van der Waals surface area contributed by atoms with Gasteiger partial charge < -0.3 is 0 Å².